The van der Waals surface area contributed by atoms with Crippen molar-refractivity contribution in [2.75, 3.05) is 13.1 Å². The standard InChI is InChI=1S/C12H19NSi/c1-3-13(4-2)10-12(14)11-8-6-5-7-9-11/h5-10H,3-4H2,1-2,14H3. The fourth-order valence-corrected chi connectivity index (χ4v) is 2.15. The average Bonchev–Trinajstić information content (AvgIpc) is 2.26. The van der Waals surface area contributed by atoms with Crippen LogP contribution in [0.25, 0.3) is 5.20 Å². The molecule has 76 valence electrons. The Morgan fingerprint density at radius 1 is 1.21 bits per heavy atom. The molecule has 1 nitrogen and oxygen atoms in total. The third-order valence-electron chi connectivity index (χ3n) is 2.42. The molecule has 14 heavy (non-hydrogen) atoms. The minimum Gasteiger partial charge on any atom is -0.378 e. The van der Waals surface area contributed by atoms with Gasteiger partial charge in [-0.05, 0) is 30.8 Å². The van der Waals surface area contributed by atoms with Crippen molar-refractivity contribution in [2.45, 2.75) is 13.8 Å². The maximum Gasteiger partial charge on any atom is 0.0411 e. The van der Waals surface area contributed by atoms with Gasteiger partial charge in [-0.1, -0.05) is 30.3 Å². The first-order valence-corrected chi connectivity index (χ1v) is 6.25. The van der Waals surface area contributed by atoms with E-state index >= 15 is 0 Å². The van der Waals surface area contributed by atoms with E-state index in [1.165, 1.54) is 10.8 Å². The van der Waals surface area contributed by atoms with Crippen molar-refractivity contribution in [1.29, 1.82) is 0 Å². The Hall–Kier alpha value is -1.02. The minimum absolute atomic E-state index is 1.09. The third-order valence-corrected chi connectivity index (χ3v) is 3.25. The lowest BCUT2D eigenvalue weighted by molar-refractivity contribution is 0.421. The highest BCUT2D eigenvalue weighted by molar-refractivity contribution is 6.42. The molecule has 1 rings (SSSR count). The number of benzene rings is 1. The molecule has 0 heterocycles. The Morgan fingerprint density at radius 3 is 2.29 bits per heavy atom. The van der Waals surface area contributed by atoms with Gasteiger partial charge in [0.1, 0.15) is 0 Å². The summed E-state index contributed by atoms with van der Waals surface area (Å²) in [7, 11) is 1.10. The molecule has 1 aromatic rings. The summed E-state index contributed by atoms with van der Waals surface area (Å²) in [5.74, 6) is 0. The summed E-state index contributed by atoms with van der Waals surface area (Å²) in [6.45, 7) is 6.57. The topological polar surface area (TPSA) is 3.24 Å². The first-order valence-electron chi connectivity index (χ1n) is 5.25. The number of nitrogens with zero attached hydrogens (tertiary/aromatic N) is 1. The zero-order valence-electron chi connectivity index (χ0n) is 9.33. The van der Waals surface area contributed by atoms with Crippen molar-refractivity contribution >= 4 is 15.4 Å². The van der Waals surface area contributed by atoms with Crippen LogP contribution in [0.4, 0.5) is 0 Å². The summed E-state index contributed by atoms with van der Waals surface area (Å²) in [4.78, 5) is 2.34. The molecule has 0 aliphatic rings. The lowest BCUT2D eigenvalue weighted by atomic mass is 10.2. The lowest BCUT2D eigenvalue weighted by Gasteiger charge is -2.17. The van der Waals surface area contributed by atoms with Gasteiger partial charge in [0.2, 0.25) is 0 Å². The second-order valence-corrected chi connectivity index (χ2v) is 4.48. The van der Waals surface area contributed by atoms with E-state index in [2.05, 4.69) is 55.3 Å². The lowest BCUT2D eigenvalue weighted by Crippen LogP contribution is -2.16. The summed E-state index contributed by atoms with van der Waals surface area (Å²) in [5, 5.41) is 1.47. The van der Waals surface area contributed by atoms with Crippen LogP contribution in [-0.4, -0.2) is 28.2 Å². The molecular weight excluding hydrogens is 186 g/mol. The number of hydrogen-bond donors (Lipinski definition) is 0. The van der Waals surface area contributed by atoms with Crippen LogP contribution in [0.5, 0.6) is 0 Å². The number of rotatable bonds is 4. The molecule has 0 unspecified atom stereocenters. The van der Waals surface area contributed by atoms with Gasteiger partial charge in [-0.3, -0.25) is 0 Å². The molecule has 0 saturated heterocycles. The van der Waals surface area contributed by atoms with Gasteiger partial charge in [-0.2, -0.15) is 0 Å². The van der Waals surface area contributed by atoms with Gasteiger partial charge in [-0.15, -0.1) is 0 Å². The molecular formula is C12H19NSi. The van der Waals surface area contributed by atoms with Crippen molar-refractivity contribution in [1.82, 2.24) is 4.90 Å². The van der Waals surface area contributed by atoms with Crippen LogP contribution < -0.4 is 0 Å². The Balaban J connectivity index is 2.78. The maximum absolute atomic E-state index is 2.34. The average molecular weight is 205 g/mol. The molecule has 0 bridgehead atoms. The minimum atomic E-state index is 1.09. The van der Waals surface area contributed by atoms with Crippen molar-refractivity contribution in [3.8, 4) is 0 Å². The largest absolute Gasteiger partial charge is 0.378 e. The van der Waals surface area contributed by atoms with E-state index in [9.17, 15) is 0 Å². The molecule has 2 heteroatoms. The summed E-state index contributed by atoms with van der Waals surface area (Å²) in [6, 6.07) is 10.6. The van der Waals surface area contributed by atoms with E-state index in [-0.39, 0.29) is 0 Å². The van der Waals surface area contributed by atoms with Crippen LogP contribution in [0.2, 0.25) is 0 Å². The molecule has 0 atom stereocenters. The normalized spacial score (nSPS) is 11.7. The molecule has 0 amide bonds. The van der Waals surface area contributed by atoms with Gasteiger partial charge in [0.15, 0.2) is 0 Å². The van der Waals surface area contributed by atoms with E-state index in [0.29, 0.717) is 0 Å². The quantitative estimate of drug-likeness (QED) is 0.676. The van der Waals surface area contributed by atoms with Crippen LogP contribution in [-0.2, 0) is 0 Å². The summed E-state index contributed by atoms with van der Waals surface area (Å²) < 4.78 is 0. The zero-order valence-corrected chi connectivity index (χ0v) is 11.3. The highest BCUT2D eigenvalue weighted by Gasteiger charge is 1.96. The van der Waals surface area contributed by atoms with Gasteiger partial charge in [0.25, 0.3) is 0 Å². The van der Waals surface area contributed by atoms with Gasteiger partial charge < -0.3 is 4.90 Å². The summed E-state index contributed by atoms with van der Waals surface area (Å²) in [5.41, 5.74) is 1.37. The van der Waals surface area contributed by atoms with Crippen molar-refractivity contribution in [3.63, 3.8) is 0 Å². The van der Waals surface area contributed by atoms with E-state index in [1.807, 2.05) is 0 Å². The van der Waals surface area contributed by atoms with E-state index < -0.39 is 0 Å². The van der Waals surface area contributed by atoms with Gasteiger partial charge >= 0.3 is 0 Å². The SMILES string of the molecule is CCN(C=C([SiH3])c1ccccc1)CC. The number of hydrogen-bond acceptors (Lipinski definition) is 1. The monoisotopic (exact) mass is 205 g/mol. The molecule has 0 saturated carbocycles. The highest BCUT2D eigenvalue weighted by Crippen LogP contribution is 2.10. The molecule has 0 aliphatic heterocycles. The molecule has 0 radical (unpaired) electrons. The molecule has 0 aromatic heterocycles. The van der Waals surface area contributed by atoms with Crippen LogP contribution >= 0.6 is 0 Å². The second-order valence-electron chi connectivity index (χ2n) is 3.40. The molecule has 1 aromatic carbocycles. The zero-order chi connectivity index (χ0) is 10.4. The van der Waals surface area contributed by atoms with Crippen molar-refractivity contribution in [3.05, 3.63) is 42.1 Å². The summed E-state index contributed by atoms with van der Waals surface area (Å²) in [6.07, 6.45) is 2.29. The second kappa shape index (κ2) is 5.65. The fraction of sp³-hybridized carbons (Fsp3) is 0.333. The highest BCUT2D eigenvalue weighted by atomic mass is 28.1. The third kappa shape index (κ3) is 3.03. The van der Waals surface area contributed by atoms with E-state index in [0.717, 1.165) is 23.3 Å². The smallest absolute Gasteiger partial charge is 0.0411 e. The summed E-state index contributed by atoms with van der Waals surface area (Å²) >= 11 is 0. The first-order chi connectivity index (χ1) is 6.77. The Bertz CT molecular complexity index is 288. The Kier molecular flexibility index (Phi) is 4.46. The Labute approximate surface area is 89.9 Å². The van der Waals surface area contributed by atoms with E-state index in [1.54, 1.807) is 0 Å². The first kappa shape index (κ1) is 11.1. The van der Waals surface area contributed by atoms with Crippen LogP contribution in [0.15, 0.2) is 36.5 Å². The molecule has 0 spiro atoms. The Morgan fingerprint density at radius 2 is 1.79 bits per heavy atom. The van der Waals surface area contributed by atoms with Crippen molar-refractivity contribution in [2.24, 2.45) is 0 Å². The fourth-order valence-electron chi connectivity index (χ4n) is 1.46. The van der Waals surface area contributed by atoms with Crippen LogP contribution in [0, 0.1) is 0 Å². The maximum atomic E-state index is 2.34. The van der Waals surface area contributed by atoms with Crippen LogP contribution in [0.3, 0.4) is 0 Å². The van der Waals surface area contributed by atoms with E-state index in [4.69, 9.17) is 0 Å². The van der Waals surface area contributed by atoms with Gasteiger partial charge in [0, 0.05) is 23.3 Å². The predicted octanol–water partition coefficient (Wildman–Crippen LogP) is 1.69. The van der Waals surface area contributed by atoms with Crippen molar-refractivity contribution < 1.29 is 0 Å². The molecule has 0 aliphatic carbocycles. The molecule has 0 fully saturated rings. The molecule has 0 N–H and O–H groups in total. The van der Waals surface area contributed by atoms with Crippen LogP contribution in [0.1, 0.15) is 19.4 Å². The van der Waals surface area contributed by atoms with Gasteiger partial charge in [0.05, 0.1) is 0 Å². The predicted molar refractivity (Wildman–Crippen MR) is 67.3 cm³/mol. The van der Waals surface area contributed by atoms with Gasteiger partial charge in [-0.25, -0.2) is 0 Å².